The Balaban J connectivity index is 1.58. The van der Waals surface area contributed by atoms with E-state index in [0.29, 0.717) is 36.4 Å². The molecule has 0 aliphatic heterocycles. The lowest BCUT2D eigenvalue weighted by Gasteiger charge is -2.18. The van der Waals surface area contributed by atoms with E-state index >= 15 is 0 Å². The van der Waals surface area contributed by atoms with Crippen LogP contribution in [0.3, 0.4) is 0 Å². The van der Waals surface area contributed by atoms with Crippen molar-refractivity contribution in [2.45, 2.75) is 4.90 Å². The molecule has 0 atom stereocenters. The summed E-state index contributed by atoms with van der Waals surface area (Å²) in [5.41, 5.74) is -2.86. The molecule has 0 spiro atoms. The number of nitrogens with zero attached hydrogens (tertiary/aromatic N) is 7. The van der Waals surface area contributed by atoms with Crippen molar-refractivity contribution in [2.75, 3.05) is 10.9 Å². The molecule has 3 aromatic carbocycles. The van der Waals surface area contributed by atoms with Gasteiger partial charge in [0.25, 0.3) is 31.6 Å². The SMILES string of the molecule is O=C1C=C([N+](=O)[O-])C=C([N+](=O)[O-])/C1=N\Nc1cc(N=Nc2cc(S(=O)(=O)O)cc3c2C(=O)/C(=N\Nc2ccc([N+](=O)[O-])cc2)C(S(=O)(=O)O)=C3)c(O)cc1O. The molecular weight excluding hydrogens is 782 g/mol. The summed E-state index contributed by atoms with van der Waals surface area (Å²) in [6, 6.07) is 7.07. The van der Waals surface area contributed by atoms with E-state index in [0.717, 1.165) is 30.3 Å². The predicted octanol–water partition coefficient (Wildman–Crippen LogP) is 3.23. The van der Waals surface area contributed by atoms with Crippen molar-refractivity contribution in [3.63, 3.8) is 0 Å². The normalized spacial score (nSPS) is 16.0. The highest BCUT2D eigenvalue weighted by Crippen LogP contribution is 2.40. The summed E-state index contributed by atoms with van der Waals surface area (Å²) < 4.78 is 68.5. The van der Waals surface area contributed by atoms with Crippen molar-refractivity contribution in [1.29, 1.82) is 0 Å². The Hall–Kier alpha value is -7.62. The van der Waals surface area contributed by atoms with Crippen LogP contribution in [0.1, 0.15) is 15.9 Å². The third kappa shape index (κ3) is 8.23. The first kappa shape index (κ1) is 38.6. The molecule has 27 heteroatoms. The lowest BCUT2D eigenvalue weighted by atomic mass is 9.93. The van der Waals surface area contributed by atoms with Crippen molar-refractivity contribution in [1.82, 2.24) is 0 Å². The lowest BCUT2D eigenvalue weighted by Crippen LogP contribution is -2.27. The fourth-order valence-corrected chi connectivity index (χ4v) is 5.82. The van der Waals surface area contributed by atoms with Crippen molar-refractivity contribution in [3.8, 4) is 11.5 Å². The van der Waals surface area contributed by atoms with Crippen molar-refractivity contribution < 1.29 is 60.5 Å². The second-order valence-electron chi connectivity index (χ2n) is 10.7. The highest BCUT2D eigenvalue weighted by atomic mass is 32.2. The third-order valence-corrected chi connectivity index (χ3v) is 8.83. The van der Waals surface area contributed by atoms with Gasteiger partial charge in [0.15, 0.2) is 5.71 Å². The number of Topliss-reactive ketones (excluding diaryl/α,β-unsaturated/α-hetero) is 1. The first-order valence-corrected chi connectivity index (χ1v) is 17.1. The zero-order valence-corrected chi connectivity index (χ0v) is 28.1. The highest BCUT2D eigenvalue weighted by Gasteiger charge is 2.36. The minimum absolute atomic E-state index is 0.00151. The van der Waals surface area contributed by atoms with E-state index in [1.807, 2.05) is 0 Å². The Bertz CT molecular complexity index is 2680. The molecule has 0 saturated heterocycles. The Labute approximate surface area is 304 Å². The van der Waals surface area contributed by atoms with Gasteiger partial charge in [0.1, 0.15) is 27.8 Å². The number of hydrazone groups is 2. The molecule has 0 amide bonds. The van der Waals surface area contributed by atoms with Crippen LogP contribution < -0.4 is 10.9 Å². The molecule has 55 heavy (non-hydrogen) atoms. The summed E-state index contributed by atoms with van der Waals surface area (Å²) >= 11 is 0. The minimum atomic E-state index is -5.29. The smallest absolute Gasteiger partial charge is 0.307 e. The van der Waals surface area contributed by atoms with Gasteiger partial charge in [0.2, 0.25) is 17.3 Å². The van der Waals surface area contributed by atoms with Crippen molar-refractivity contribution >= 4 is 77.7 Å². The van der Waals surface area contributed by atoms with Gasteiger partial charge < -0.3 is 10.2 Å². The number of nitrogens with one attached hydrogen (secondary N) is 2. The van der Waals surface area contributed by atoms with Crippen LogP contribution >= 0.6 is 0 Å². The molecular formula is C28H17N9O16S2. The van der Waals surface area contributed by atoms with Crippen LogP contribution in [0.25, 0.3) is 6.08 Å². The van der Waals surface area contributed by atoms with Crippen molar-refractivity contribution in [2.24, 2.45) is 20.4 Å². The standard InChI is InChI=1S/C28H17N9O16S2/c38-21-11-22(39)18(31-33-26-20(37(46)47)7-15(36(44)45)8-23(26)40)10-17(21)30-32-19-9-16(54(48,49)50)5-12-6-24(55(51,52)53)27(28(41)25(12)19)34-29-13-1-3-14(4-2-13)35(42)43/h1-11,29,31,38-39H,(H,48,49,50)(H,51,52,53)/b32-30?,33-26+,34-27-. The number of allylic oxidation sites excluding steroid dienone is 4. The summed E-state index contributed by atoms with van der Waals surface area (Å²) in [5.74, 6) is -4.24. The third-order valence-electron chi connectivity index (χ3n) is 7.13. The quantitative estimate of drug-likeness (QED) is 0.0308. The number of benzene rings is 3. The highest BCUT2D eigenvalue weighted by molar-refractivity contribution is 7.91. The Morgan fingerprint density at radius 3 is 1.89 bits per heavy atom. The molecule has 2 aliphatic rings. The number of azo groups is 1. The van der Waals surface area contributed by atoms with Crippen LogP contribution in [-0.2, 0) is 25.0 Å². The number of aromatic hydroxyl groups is 2. The Kier molecular flexibility index (Phi) is 10.1. The van der Waals surface area contributed by atoms with E-state index in [-0.39, 0.29) is 11.4 Å². The van der Waals surface area contributed by atoms with E-state index in [4.69, 9.17) is 0 Å². The first-order chi connectivity index (χ1) is 25.6. The molecule has 3 aromatic rings. The summed E-state index contributed by atoms with van der Waals surface area (Å²) in [6.07, 6.45) is 1.51. The zero-order valence-electron chi connectivity index (χ0n) is 26.5. The van der Waals surface area contributed by atoms with Crippen LogP contribution in [0.15, 0.2) is 102 Å². The number of hydrogen-bond acceptors (Lipinski definition) is 20. The molecule has 5 rings (SSSR count). The molecule has 0 fully saturated rings. The predicted molar refractivity (Wildman–Crippen MR) is 184 cm³/mol. The number of hydrogen-bond donors (Lipinski definition) is 6. The van der Waals surface area contributed by atoms with Gasteiger partial charge in [0.05, 0.1) is 48.8 Å². The van der Waals surface area contributed by atoms with Crippen molar-refractivity contribution in [3.05, 3.63) is 118 Å². The number of phenols is 2. The van der Waals surface area contributed by atoms with E-state index in [1.54, 1.807) is 0 Å². The molecule has 6 N–H and O–H groups in total. The second kappa shape index (κ2) is 14.4. The topological polar surface area (TPSA) is 386 Å². The van der Waals surface area contributed by atoms with Gasteiger partial charge in [-0.1, -0.05) is 0 Å². The van der Waals surface area contributed by atoms with Crippen LogP contribution in [0.5, 0.6) is 11.5 Å². The molecule has 0 saturated carbocycles. The fraction of sp³-hybridized carbons (Fsp3) is 0. The number of nitro benzene ring substituents is 1. The van der Waals surface area contributed by atoms with Crippen LogP contribution in [0.4, 0.5) is 28.4 Å². The van der Waals surface area contributed by atoms with E-state index in [9.17, 15) is 76.1 Å². The van der Waals surface area contributed by atoms with Gasteiger partial charge in [0, 0.05) is 18.2 Å². The molecule has 0 radical (unpaired) electrons. The summed E-state index contributed by atoms with van der Waals surface area (Å²) in [6.45, 7) is 0. The van der Waals surface area contributed by atoms with Gasteiger partial charge in [-0.15, -0.1) is 10.2 Å². The summed E-state index contributed by atoms with van der Waals surface area (Å²) in [5, 5.41) is 69.0. The summed E-state index contributed by atoms with van der Waals surface area (Å²) in [4.78, 5) is 54.6. The average Bonchev–Trinajstić information content (AvgIpc) is 3.09. The number of rotatable bonds is 11. The monoisotopic (exact) mass is 799 g/mol. The van der Waals surface area contributed by atoms with E-state index in [2.05, 4.69) is 31.3 Å². The van der Waals surface area contributed by atoms with Gasteiger partial charge in [-0.05, 0) is 42.0 Å². The Morgan fingerprint density at radius 1 is 0.673 bits per heavy atom. The summed E-state index contributed by atoms with van der Waals surface area (Å²) in [7, 11) is -10.4. The minimum Gasteiger partial charge on any atom is -0.506 e. The number of fused-ring (bicyclic) bond motifs is 1. The van der Waals surface area contributed by atoms with Gasteiger partial charge in [-0.2, -0.15) is 27.0 Å². The maximum Gasteiger partial charge on any atom is 0.307 e. The number of phenolic OH excluding ortho intramolecular Hbond substituents is 2. The maximum atomic E-state index is 13.8. The van der Waals surface area contributed by atoms with Crippen LogP contribution in [0.2, 0.25) is 0 Å². The zero-order chi connectivity index (χ0) is 40.6. The number of nitro groups is 3. The molecule has 0 heterocycles. The molecule has 25 nitrogen and oxygen atoms in total. The largest absolute Gasteiger partial charge is 0.506 e. The number of anilines is 2. The second-order valence-corrected chi connectivity index (χ2v) is 13.5. The molecule has 2 aliphatic carbocycles. The van der Waals surface area contributed by atoms with E-state index < -0.39 is 119 Å². The first-order valence-electron chi connectivity index (χ1n) is 14.2. The lowest BCUT2D eigenvalue weighted by molar-refractivity contribution is -0.429. The molecule has 0 bridgehead atoms. The molecule has 0 unspecified atom stereocenters. The number of carbonyl (C=O) groups is 2. The maximum absolute atomic E-state index is 13.8. The van der Waals surface area contributed by atoms with Gasteiger partial charge in [-0.3, -0.25) is 59.9 Å². The molecule has 282 valence electrons. The number of non-ortho nitro benzene ring substituents is 1. The fourth-order valence-electron chi connectivity index (χ4n) is 4.63. The number of carbonyl (C=O) groups excluding carboxylic acids is 2. The van der Waals surface area contributed by atoms with Crippen LogP contribution in [0, 0.1) is 30.3 Å². The molecule has 0 aromatic heterocycles. The van der Waals surface area contributed by atoms with E-state index in [1.165, 1.54) is 0 Å². The average molecular weight is 800 g/mol. The Morgan fingerprint density at radius 2 is 1.31 bits per heavy atom. The van der Waals surface area contributed by atoms with Gasteiger partial charge >= 0.3 is 5.70 Å². The van der Waals surface area contributed by atoms with Gasteiger partial charge in [-0.25, -0.2) is 0 Å². The number of ketones is 2. The van der Waals surface area contributed by atoms with Crippen LogP contribution in [-0.4, -0.2) is 73.9 Å².